The number of hydrogen-bond donors (Lipinski definition) is 4. The van der Waals surface area contributed by atoms with E-state index in [9.17, 15) is 17.6 Å². The highest BCUT2D eigenvalue weighted by Gasteiger charge is 2.24. The minimum absolute atomic E-state index is 0.0472. The Morgan fingerprint density at radius 3 is 2.44 bits per heavy atom. The van der Waals surface area contributed by atoms with Gasteiger partial charge in [0.1, 0.15) is 11.6 Å². The van der Waals surface area contributed by atoms with Crippen LogP contribution in [0.25, 0.3) is 0 Å². The third kappa shape index (κ3) is 6.49. The Balaban J connectivity index is 1.47. The van der Waals surface area contributed by atoms with Crippen molar-refractivity contribution in [1.29, 1.82) is 0 Å². The van der Waals surface area contributed by atoms with Gasteiger partial charge in [-0.2, -0.15) is 4.98 Å². The fraction of sp³-hybridized carbons (Fsp3) is 0.261. The van der Waals surface area contributed by atoms with Crippen LogP contribution in [0.1, 0.15) is 36.0 Å². The third-order valence-electron chi connectivity index (χ3n) is 5.66. The molecule has 0 saturated heterocycles. The van der Waals surface area contributed by atoms with Crippen molar-refractivity contribution in [3.8, 4) is 0 Å². The summed E-state index contributed by atoms with van der Waals surface area (Å²) in [5, 5.41) is 5.90. The molecule has 3 aromatic rings. The summed E-state index contributed by atoms with van der Waals surface area (Å²) in [6.45, 7) is 0. The molecule has 1 aliphatic carbocycles. The maximum atomic E-state index is 14.1. The predicted octanol–water partition coefficient (Wildman–Crippen LogP) is 4.99. The monoisotopic (exact) mass is 688 g/mol. The number of nitrogens with zero attached hydrogens (tertiary/aromatic N) is 2. The summed E-state index contributed by atoms with van der Waals surface area (Å²) in [6, 6.07) is 10.3. The molecular weight excluding hydrogens is 666 g/mol. The van der Waals surface area contributed by atoms with Crippen LogP contribution >= 0.6 is 38.5 Å². The lowest BCUT2D eigenvalue weighted by Gasteiger charge is -2.25. The van der Waals surface area contributed by atoms with E-state index in [1.54, 1.807) is 12.1 Å². The maximum absolute atomic E-state index is 14.1. The van der Waals surface area contributed by atoms with Gasteiger partial charge >= 0.3 is 0 Å². The molecule has 1 amide bonds. The molecule has 190 valence electrons. The molecule has 5 N–H and O–H groups in total. The van der Waals surface area contributed by atoms with Gasteiger partial charge < -0.3 is 16.4 Å². The molecule has 1 fully saturated rings. The molecule has 1 aromatic heterocycles. The average molecular weight is 689 g/mol. The van der Waals surface area contributed by atoms with Gasteiger partial charge in [-0.1, -0.05) is 28.7 Å². The van der Waals surface area contributed by atoms with E-state index in [2.05, 4.69) is 63.8 Å². The molecule has 1 saturated carbocycles. The first-order valence-electron chi connectivity index (χ1n) is 11.0. The quantitative estimate of drug-likeness (QED) is 0.193. The topological polar surface area (TPSA) is 139 Å². The van der Waals surface area contributed by atoms with Crippen LogP contribution in [-0.2, 0) is 10.0 Å². The van der Waals surface area contributed by atoms with E-state index < -0.39 is 21.7 Å². The molecule has 1 aliphatic rings. The standard InChI is InChI=1S/C23H23BrFIN6O3S/c24-17-12-28-23(31-22(17)30-19-3-1-2-18(25)20(19)21(27)33)29-14-8-10-16(11-9-14)36(34,35)32-15-6-4-13(26)5-7-15/h1-3,8-13,15,32H,4-7H2,(H2,27,33)(H2,28,29,30,31). The molecule has 0 unspecified atom stereocenters. The van der Waals surface area contributed by atoms with E-state index >= 15 is 0 Å². The fourth-order valence-electron chi connectivity index (χ4n) is 3.83. The number of aromatic nitrogens is 2. The first-order chi connectivity index (χ1) is 17.1. The lowest BCUT2D eigenvalue weighted by Crippen LogP contribution is -2.37. The summed E-state index contributed by atoms with van der Waals surface area (Å²) in [5.41, 5.74) is 5.75. The minimum atomic E-state index is -3.62. The van der Waals surface area contributed by atoms with Gasteiger partial charge in [0.25, 0.3) is 5.91 Å². The first kappa shape index (κ1) is 26.7. The molecule has 36 heavy (non-hydrogen) atoms. The summed E-state index contributed by atoms with van der Waals surface area (Å²) >= 11 is 5.74. The summed E-state index contributed by atoms with van der Waals surface area (Å²) in [4.78, 5) is 20.4. The van der Waals surface area contributed by atoms with Gasteiger partial charge in [-0.25, -0.2) is 22.5 Å². The smallest absolute Gasteiger partial charge is 0.253 e. The van der Waals surface area contributed by atoms with E-state index in [0.29, 0.717) is 14.1 Å². The summed E-state index contributed by atoms with van der Waals surface area (Å²) in [6.07, 6.45) is 5.15. The van der Waals surface area contributed by atoms with Crippen molar-refractivity contribution in [3.05, 3.63) is 64.5 Å². The van der Waals surface area contributed by atoms with Crippen LogP contribution in [0, 0.1) is 5.82 Å². The van der Waals surface area contributed by atoms with Crippen molar-refractivity contribution >= 4 is 77.6 Å². The number of hydrogen-bond acceptors (Lipinski definition) is 7. The van der Waals surface area contributed by atoms with E-state index in [-0.39, 0.29) is 34.0 Å². The van der Waals surface area contributed by atoms with Crippen molar-refractivity contribution < 1.29 is 17.6 Å². The molecule has 0 bridgehead atoms. The van der Waals surface area contributed by atoms with Crippen LogP contribution < -0.4 is 21.1 Å². The number of nitrogens with two attached hydrogens (primary N) is 1. The highest BCUT2D eigenvalue weighted by molar-refractivity contribution is 14.1. The van der Waals surface area contributed by atoms with Crippen LogP contribution in [0.4, 0.5) is 27.5 Å². The zero-order valence-electron chi connectivity index (χ0n) is 18.8. The van der Waals surface area contributed by atoms with Crippen LogP contribution in [0.3, 0.4) is 0 Å². The molecule has 2 aromatic carbocycles. The van der Waals surface area contributed by atoms with Gasteiger partial charge in [0.2, 0.25) is 16.0 Å². The van der Waals surface area contributed by atoms with Gasteiger partial charge in [0.05, 0.1) is 20.6 Å². The second-order valence-corrected chi connectivity index (χ2v) is 12.6. The molecule has 0 aliphatic heterocycles. The second-order valence-electron chi connectivity index (χ2n) is 8.26. The molecule has 0 radical (unpaired) electrons. The maximum Gasteiger partial charge on any atom is 0.253 e. The van der Waals surface area contributed by atoms with Gasteiger partial charge in [-0.05, 0) is 78.0 Å². The van der Waals surface area contributed by atoms with Crippen molar-refractivity contribution in [3.63, 3.8) is 0 Å². The number of nitrogens with one attached hydrogen (secondary N) is 3. The lowest BCUT2D eigenvalue weighted by atomic mass is 9.96. The molecule has 9 nitrogen and oxygen atoms in total. The zero-order valence-corrected chi connectivity index (χ0v) is 23.4. The van der Waals surface area contributed by atoms with Gasteiger partial charge in [-0.3, -0.25) is 4.79 Å². The van der Waals surface area contributed by atoms with Crippen LogP contribution in [0.5, 0.6) is 0 Å². The van der Waals surface area contributed by atoms with Crippen molar-refractivity contribution in [1.82, 2.24) is 14.7 Å². The molecular formula is C23H23BrFIN6O3S. The fourth-order valence-corrected chi connectivity index (χ4v) is 6.14. The summed E-state index contributed by atoms with van der Waals surface area (Å²) in [7, 11) is -3.62. The number of rotatable bonds is 8. The number of benzene rings is 2. The molecule has 0 spiro atoms. The van der Waals surface area contributed by atoms with E-state index in [4.69, 9.17) is 5.73 Å². The third-order valence-corrected chi connectivity index (χ3v) is 9.02. The molecule has 4 rings (SSSR count). The van der Waals surface area contributed by atoms with E-state index in [1.165, 1.54) is 30.5 Å². The zero-order chi connectivity index (χ0) is 25.9. The van der Waals surface area contributed by atoms with Gasteiger partial charge in [0.15, 0.2) is 0 Å². The number of anilines is 4. The SMILES string of the molecule is NC(=O)c1c(F)cccc1Nc1nc(Nc2ccc(S(=O)(=O)NC3CCC(I)CC3)cc2)ncc1Br. The van der Waals surface area contributed by atoms with Crippen LogP contribution in [0.2, 0.25) is 0 Å². The van der Waals surface area contributed by atoms with Crippen LogP contribution in [-0.4, -0.2) is 34.3 Å². The minimum Gasteiger partial charge on any atom is -0.365 e. The number of alkyl halides is 1. The van der Waals surface area contributed by atoms with Crippen LogP contribution in [0.15, 0.2) is 58.0 Å². The second kappa shape index (κ2) is 11.4. The number of amides is 1. The van der Waals surface area contributed by atoms with E-state index in [0.717, 1.165) is 31.7 Å². The normalized spacial score (nSPS) is 18.0. The summed E-state index contributed by atoms with van der Waals surface area (Å²) < 4.78 is 43.5. The van der Waals surface area contributed by atoms with Crippen molar-refractivity contribution in [2.75, 3.05) is 10.6 Å². The Morgan fingerprint density at radius 2 is 1.78 bits per heavy atom. The Kier molecular flexibility index (Phi) is 8.42. The number of carbonyl (C=O) groups excluding carboxylic acids is 1. The highest BCUT2D eigenvalue weighted by Crippen LogP contribution is 2.29. The summed E-state index contributed by atoms with van der Waals surface area (Å²) in [5.74, 6) is -1.20. The Labute approximate surface area is 230 Å². The number of carbonyl (C=O) groups is 1. The molecule has 0 atom stereocenters. The number of primary amides is 1. The molecule has 13 heteroatoms. The largest absolute Gasteiger partial charge is 0.365 e. The van der Waals surface area contributed by atoms with Crippen molar-refractivity contribution in [2.45, 2.75) is 40.5 Å². The van der Waals surface area contributed by atoms with Gasteiger partial charge in [0, 0.05) is 21.9 Å². The Bertz CT molecular complexity index is 1370. The Hall–Kier alpha value is -2.36. The van der Waals surface area contributed by atoms with E-state index in [1.807, 2.05) is 0 Å². The van der Waals surface area contributed by atoms with Crippen molar-refractivity contribution in [2.24, 2.45) is 5.73 Å². The number of sulfonamides is 1. The van der Waals surface area contributed by atoms with Gasteiger partial charge in [-0.15, -0.1) is 0 Å². The molecule has 1 heterocycles. The first-order valence-corrected chi connectivity index (χ1v) is 14.6. The highest BCUT2D eigenvalue weighted by atomic mass is 127. The lowest BCUT2D eigenvalue weighted by molar-refractivity contribution is 0.0997. The Morgan fingerprint density at radius 1 is 1.08 bits per heavy atom. The predicted molar refractivity (Wildman–Crippen MR) is 148 cm³/mol. The number of halogens is 3. The average Bonchev–Trinajstić information content (AvgIpc) is 2.83.